The van der Waals surface area contributed by atoms with E-state index in [1.54, 1.807) is 6.92 Å². The zero-order chi connectivity index (χ0) is 18.3. The summed E-state index contributed by atoms with van der Waals surface area (Å²) in [7, 11) is 0. The Morgan fingerprint density at radius 3 is 2.81 bits per heavy atom. The second-order valence-electron chi connectivity index (χ2n) is 6.66. The molecule has 1 fully saturated rings. The second-order valence-corrected chi connectivity index (χ2v) is 8.01. The lowest BCUT2D eigenvalue weighted by atomic mass is 9.92. The molecule has 4 nitrogen and oxygen atoms in total. The van der Waals surface area contributed by atoms with Crippen LogP contribution >= 0.6 is 27.5 Å². The number of halogens is 2. The molecule has 0 bridgehead atoms. The number of carbonyl (C=O) groups is 1. The van der Waals surface area contributed by atoms with Crippen LogP contribution in [0.3, 0.4) is 0 Å². The maximum absolute atomic E-state index is 12.4. The minimum atomic E-state index is 0.000525. The number of aromatic nitrogens is 1. The van der Waals surface area contributed by atoms with Crippen molar-refractivity contribution in [3.63, 3.8) is 0 Å². The Morgan fingerprint density at radius 1 is 1.31 bits per heavy atom. The molecule has 0 unspecified atom stereocenters. The van der Waals surface area contributed by atoms with Gasteiger partial charge in [-0.05, 0) is 63.8 Å². The smallest absolute Gasteiger partial charge is 0.160 e. The average Bonchev–Trinajstić information content (AvgIpc) is 2.76. The molecule has 0 saturated carbocycles. The molecule has 0 amide bonds. The van der Waals surface area contributed by atoms with Crippen molar-refractivity contribution in [1.29, 1.82) is 0 Å². The van der Waals surface area contributed by atoms with Crippen molar-refractivity contribution in [2.24, 2.45) is 0 Å². The van der Waals surface area contributed by atoms with Crippen LogP contribution in [0.1, 0.15) is 35.3 Å². The number of fused-ring (bicyclic) bond motifs is 2. The molecule has 0 radical (unpaired) electrons. The fourth-order valence-corrected chi connectivity index (χ4v) is 4.31. The molecular weight excluding hydrogens is 414 g/mol. The summed E-state index contributed by atoms with van der Waals surface area (Å²) in [5, 5.41) is 4.04. The van der Waals surface area contributed by atoms with E-state index in [0.717, 1.165) is 53.0 Å². The molecule has 2 aliphatic rings. The number of nitrogens with one attached hydrogen (secondary N) is 1. The summed E-state index contributed by atoms with van der Waals surface area (Å²) in [5.74, 6) is 0.0282. The standard InChI is InChI=1S/C20H19BrClN3O/c1-12(26)17-9-13-8-14(21)11-24-19(13)20(25-6-4-23-5-7-25)16-3-2-15(22)10-18(16)17/h2-3,8-11,20,23H,4-7H2,1H3/t20-/m1/s1. The molecule has 0 spiro atoms. The largest absolute Gasteiger partial charge is 0.314 e. The van der Waals surface area contributed by atoms with Gasteiger partial charge < -0.3 is 5.32 Å². The highest BCUT2D eigenvalue weighted by molar-refractivity contribution is 9.10. The molecule has 2 aromatic rings. The number of allylic oxidation sites excluding steroid dienone is 1. The zero-order valence-electron chi connectivity index (χ0n) is 14.4. The van der Waals surface area contributed by atoms with E-state index in [-0.39, 0.29) is 11.8 Å². The first-order valence-electron chi connectivity index (χ1n) is 8.67. The first-order chi connectivity index (χ1) is 12.5. The van der Waals surface area contributed by atoms with E-state index in [9.17, 15) is 4.79 Å². The highest BCUT2D eigenvalue weighted by atomic mass is 79.9. The number of Topliss-reactive ketones (excluding diaryl/α,β-unsaturated/α-hetero) is 1. The Kier molecular flexibility index (Phi) is 4.97. The molecule has 1 N–H and O–H groups in total. The van der Waals surface area contributed by atoms with Gasteiger partial charge in [-0.25, -0.2) is 0 Å². The number of pyridine rings is 1. The summed E-state index contributed by atoms with van der Waals surface area (Å²) in [4.78, 5) is 19.6. The number of benzene rings is 1. The number of ketones is 1. The van der Waals surface area contributed by atoms with Gasteiger partial charge in [-0.1, -0.05) is 17.7 Å². The Hall–Kier alpha value is -1.53. The van der Waals surface area contributed by atoms with Gasteiger partial charge in [0.05, 0.1) is 11.7 Å². The van der Waals surface area contributed by atoms with Gasteiger partial charge in [0.15, 0.2) is 5.78 Å². The van der Waals surface area contributed by atoms with E-state index in [4.69, 9.17) is 16.6 Å². The van der Waals surface area contributed by atoms with Crippen LogP contribution in [-0.4, -0.2) is 41.8 Å². The maximum atomic E-state index is 12.4. The van der Waals surface area contributed by atoms with Gasteiger partial charge in [-0.3, -0.25) is 14.7 Å². The number of hydrogen-bond acceptors (Lipinski definition) is 4. The van der Waals surface area contributed by atoms with Crippen molar-refractivity contribution in [1.82, 2.24) is 15.2 Å². The van der Waals surface area contributed by atoms with Crippen LogP contribution in [0.2, 0.25) is 5.02 Å². The lowest BCUT2D eigenvalue weighted by Crippen LogP contribution is -2.45. The molecule has 2 heterocycles. The monoisotopic (exact) mass is 431 g/mol. The van der Waals surface area contributed by atoms with Crippen LogP contribution in [0.15, 0.2) is 34.9 Å². The van der Waals surface area contributed by atoms with Crippen LogP contribution in [0.5, 0.6) is 0 Å². The van der Waals surface area contributed by atoms with E-state index in [2.05, 4.69) is 26.1 Å². The summed E-state index contributed by atoms with van der Waals surface area (Å²) in [6.45, 7) is 5.35. The van der Waals surface area contributed by atoms with Gasteiger partial charge in [0.2, 0.25) is 0 Å². The van der Waals surface area contributed by atoms with Gasteiger partial charge in [0.1, 0.15) is 0 Å². The van der Waals surface area contributed by atoms with Crippen molar-refractivity contribution >= 4 is 45.0 Å². The lowest BCUT2D eigenvalue weighted by Gasteiger charge is -2.35. The Morgan fingerprint density at radius 2 is 2.08 bits per heavy atom. The van der Waals surface area contributed by atoms with Gasteiger partial charge in [0, 0.05) is 47.4 Å². The Balaban J connectivity index is 1.99. The number of hydrogen-bond donors (Lipinski definition) is 1. The summed E-state index contributed by atoms with van der Waals surface area (Å²) >= 11 is 9.80. The molecule has 1 saturated heterocycles. The zero-order valence-corrected chi connectivity index (χ0v) is 16.8. The third-order valence-electron chi connectivity index (χ3n) is 4.97. The predicted octanol–water partition coefficient (Wildman–Crippen LogP) is 3.94. The quantitative estimate of drug-likeness (QED) is 0.781. The van der Waals surface area contributed by atoms with Gasteiger partial charge in [-0.2, -0.15) is 0 Å². The van der Waals surface area contributed by atoms with Crippen LogP contribution in [0, 0.1) is 0 Å². The molecule has 1 aliphatic carbocycles. The summed E-state index contributed by atoms with van der Waals surface area (Å²) in [6, 6.07) is 7.88. The molecule has 26 heavy (non-hydrogen) atoms. The third kappa shape index (κ3) is 3.25. The maximum Gasteiger partial charge on any atom is 0.160 e. The van der Waals surface area contributed by atoms with Crippen LogP contribution in [0.4, 0.5) is 0 Å². The summed E-state index contributed by atoms with van der Waals surface area (Å²) in [5.41, 5.74) is 4.63. The highest BCUT2D eigenvalue weighted by Gasteiger charge is 2.32. The SMILES string of the molecule is CC(=O)C1=Cc2cc(Br)cnc2[C@H](N2CCNCC2)c2ccc(Cl)cc21. The van der Waals surface area contributed by atoms with E-state index in [0.29, 0.717) is 10.6 Å². The normalized spacial score (nSPS) is 20.0. The number of rotatable bonds is 2. The van der Waals surface area contributed by atoms with Gasteiger partial charge in [-0.15, -0.1) is 0 Å². The first-order valence-corrected chi connectivity index (χ1v) is 9.84. The summed E-state index contributed by atoms with van der Waals surface area (Å²) in [6.07, 6.45) is 3.78. The molecular formula is C20H19BrClN3O. The van der Waals surface area contributed by atoms with Gasteiger partial charge >= 0.3 is 0 Å². The van der Waals surface area contributed by atoms with E-state index in [1.165, 1.54) is 0 Å². The molecule has 1 aliphatic heterocycles. The molecule has 1 aromatic heterocycles. The molecule has 1 aromatic carbocycles. The molecule has 6 heteroatoms. The average molecular weight is 433 g/mol. The van der Waals surface area contributed by atoms with Crippen LogP contribution in [0.25, 0.3) is 11.6 Å². The fraction of sp³-hybridized carbons (Fsp3) is 0.300. The van der Waals surface area contributed by atoms with Crippen molar-refractivity contribution < 1.29 is 4.79 Å². The lowest BCUT2D eigenvalue weighted by molar-refractivity contribution is -0.111. The molecule has 1 atom stereocenters. The molecule has 4 rings (SSSR count). The second kappa shape index (κ2) is 7.24. The van der Waals surface area contributed by atoms with Crippen LogP contribution in [-0.2, 0) is 4.79 Å². The van der Waals surface area contributed by atoms with E-state index < -0.39 is 0 Å². The van der Waals surface area contributed by atoms with Crippen molar-refractivity contribution in [2.45, 2.75) is 13.0 Å². The predicted molar refractivity (Wildman–Crippen MR) is 108 cm³/mol. The van der Waals surface area contributed by atoms with Crippen molar-refractivity contribution in [2.75, 3.05) is 26.2 Å². The van der Waals surface area contributed by atoms with Crippen molar-refractivity contribution in [3.8, 4) is 0 Å². The highest BCUT2D eigenvalue weighted by Crippen LogP contribution is 2.40. The van der Waals surface area contributed by atoms with Gasteiger partial charge in [0.25, 0.3) is 0 Å². The number of nitrogens with zero attached hydrogens (tertiary/aromatic N) is 2. The number of carbonyl (C=O) groups excluding carboxylic acids is 1. The van der Waals surface area contributed by atoms with Crippen molar-refractivity contribution in [3.05, 3.63) is 62.3 Å². The Bertz CT molecular complexity index is 906. The minimum absolute atomic E-state index is 0.000525. The first kappa shape index (κ1) is 17.9. The minimum Gasteiger partial charge on any atom is -0.314 e. The molecule has 134 valence electrons. The van der Waals surface area contributed by atoms with E-state index in [1.807, 2.05) is 36.5 Å². The topological polar surface area (TPSA) is 45.2 Å². The summed E-state index contributed by atoms with van der Waals surface area (Å²) < 4.78 is 0.901. The Labute approximate surface area is 166 Å². The van der Waals surface area contributed by atoms with Crippen LogP contribution < -0.4 is 5.32 Å². The van der Waals surface area contributed by atoms with E-state index >= 15 is 0 Å². The number of piperazine rings is 1. The fourth-order valence-electron chi connectivity index (χ4n) is 3.79. The third-order valence-corrected chi connectivity index (χ3v) is 5.64.